The number of hydrogen-bond acceptors (Lipinski definition) is 2. The summed E-state index contributed by atoms with van der Waals surface area (Å²) in [6, 6.07) is 13.8. The fraction of sp³-hybridized carbons (Fsp3) is 0.250. The molecule has 2 unspecified atom stereocenters. The molecule has 2 aliphatic carbocycles. The Morgan fingerprint density at radius 3 is 2.38 bits per heavy atom. The SMILES string of the molecule is C=C(c1ccc(F)cc1)c1ccccc1N(C)C1(C(=O)O)C2CC21. The van der Waals surface area contributed by atoms with E-state index in [1.807, 2.05) is 36.2 Å². The van der Waals surface area contributed by atoms with Crippen LogP contribution in [0.2, 0.25) is 0 Å². The molecule has 0 radical (unpaired) electrons. The molecule has 2 aliphatic rings. The molecule has 2 aromatic rings. The van der Waals surface area contributed by atoms with E-state index in [1.165, 1.54) is 12.1 Å². The Hall–Kier alpha value is -2.62. The Labute approximate surface area is 140 Å². The molecular weight excluding hydrogens is 305 g/mol. The van der Waals surface area contributed by atoms with E-state index in [4.69, 9.17) is 0 Å². The third-order valence-electron chi connectivity index (χ3n) is 5.49. The number of halogens is 1. The average molecular weight is 323 g/mol. The molecule has 0 bridgehead atoms. The standard InChI is InChI=1S/C20H18FNO2/c1-12(13-7-9-14(21)10-8-13)15-5-3-4-6-18(15)22(2)20(19(23)24)16-11-17(16)20/h3-10,16-17H,1,11H2,2H3,(H,23,24). The quantitative estimate of drug-likeness (QED) is 0.910. The first-order valence-electron chi connectivity index (χ1n) is 7.99. The fourth-order valence-electron chi connectivity index (χ4n) is 3.90. The van der Waals surface area contributed by atoms with Gasteiger partial charge in [-0.15, -0.1) is 0 Å². The summed E-state index contributed by atoms with van der Waals surface area (Å²) >= 11 is 0. The van der Waals surface area contributed by atoms with E-state index >= 15 is 0 Å². The summed E-state index contributed by atoms with van der Waals surface area (Å²) in [5.74, 6) is -0.535. The van der Waals surface area contributed by atoms with Crippen molar-refractivity contribution in [3.05, 3.63) is 72.1 Å². The third-order valence-corrected chi connectivity index (χ3v) is 5.49. The van der Waals surface area contributed by atoms with E-state index in [-0.39, 0.29) is 17.7 Å². The molecule has 2 atom stereocenters. The van der Waals surface area contributed by atoms with Gasteiger partial charge in [-0.05, 0) is 47.6 Å². The average Bonchev–Trinajstić information content (AvgIpc) is 3.46. The first-order chi connectivity index (χ1) is 11.5. The molecule has 0 saturated heterocycles. The van der Waals surface area contributed by atoms with Crippen LogP contribution in [-0.4, -0.2) is 23.7 Å². The number of rotatable bonds is 5. The summed E-state index contributed by atoms with van der Waals surface area (Å²) in [5.41, 5.74) is 2.54. The van der Waals surface area contributed by atoms with Crippen molar-refractivity contribution in [2.75, 3.05) is 11.9 Å². The summed E-state index contributed by atoms with van der Waals surface area (Å²) in [6.45, 7) is 4.15. The van der Waals surface area contributed by atoms with Crippen molar-refractivity contribution in [1.29, 1.82) is 0 Å². The number of hydrogen-bond donors (Lipinski definition) is 1. The predicted octanol–water partition coefficient (Wildman–Crippen LogP) is 3.80. The minimum absolute atomic E-state index is 0.257. The molecule has 4 rings (SSSR count). The van der Waals surface area contributed by atoms with E-state index in [0.29, 0.717) is 0 Å². The zero-order chi connectivity index (χ0) is 17.1. The highest BCUT2D eigenvalue weighted by atomic mass is 19.1. The predicted molar refractivity (Wildman–Crippen MR) is 91.3 cm³/mol. The Balaban J connectivity index is 1.72. The van der Waals surface area contributed by atoms with E-state index in [0.717, 1.165) is 28.8 Å². The van der Waals surface area contributed by atoms with Gasteiger partial charge in [0.1, 0.15) is 11.4 Å². The van der Waals surface area contributed by atoms with Crippen LogP contribution in [0, 0.1) is 17.7 Å². The summed E-state index contributed by atoms with van der Waals surface area (Å²) < 4.78 is 13.2. The van der Waals surface area contributed by atoms with E-state index in [1.54, 1.807) is 12.1 Å². The molecule has 2 aromatic carbocycles. The molecule has 24 heavy (non-hydrogen) atoms. The number of benzene rings is 2. The summed E-state index contributed by atoms with van der Waals surface area (Å²) in [5, 5.41) is 9.71. The maximum atomic E-state index is 13.2. The molecule has 4 heteroatoms. The molecule has 2 fully saturated rings. The van der Waals surface area contributed by atoms with Gasteiger partial charge in [0, 0.05) is 18.3 Å². The van der Waals surface area contributed by atoms with Gasteiger partial charge in [-0.1, -0.05) is 36.9 Å². The minimum atomic E-state index is -0.765. The Kier molecular flexibility index (Phi) is 3.07. The van der Waals surface area contributed by atoms with E-state index in [2.05, 4.69) is 6.58 Å². The van der Waals surface area contributed by atoms with Gasteiger partial charge in [-0.2, -0.15) is 0 Å². The maximum absolute atomic E-state index is 13.2. The molecule has 0 amide bonds. The first-order valence-corrected chi connectivity index (χ1v) is 7.99. The highest BCUT2D eigenvalue weighted by molar-refractivity contribution is 5.94. The van der Waals surface area contributed by atoms with Crippen molar-refractivity contribution in [3.63, 3.8) is 0 Å². The minimum Gasteiger partial charge on any atom is -0.479 e. The lowest BCUT2D eigenvalue weighted by atomic mass is 9.95. The Morgan fingerprint density at radius 2 is 1.83 bits per heavy atom. The molecule has 0 heterocycles. The van der Waals surface area contributed by atoms with Crippen LogP contribution >= 0.6 is 0 Å². The number of carboxylic acids is 1. The number of aliphatic carboxylic acids is 1. The van der Waals surface area contributed by atoms with Crippen molar-refractivity contribution in [2.45, 2.75) is 12.0 Å². The van der Waals surface area contributed by atoms with Crippen LogP contribution in [0.5, 0.6) is 0 Å². The van der Waals surface area contributed by atoms with Crippen LogP contribution in [0.3, 0.4) is 0 Å². The van der Waals surface area contributed by atoms with E-state index in [9.17, 15) is 14.3 Å². The highest BCUT2D eigenvalue weighted by Gasteiger charge is 2.83. The van der Waals surface area contributed by atoms with Gasteiger partial charge < -0.3 is 10.0 Å². The van der Waals surface area contributed by atoms with Crippen molar-refractivity contribution in [3.8, 4) is 0 Å². The molecule has 0 aliphatic heterocycles. The van der Waals surface area contributed by atoms with Gasteiger partial charge in [-0.25, -0.2) is 9.18 Å². The maximum Gasteiger partial charge on any atom is 0.330 e. The molecule has 0 spiro atoms. The van der Waals surface area contributed by atoms with Crippen molar-refractivity contribution < 1.29 is 14.3 Å². The number of para-hydroxylation sites is 1. The van der Waals surface area contributed by atoms with Gasteiger partial charge in [0.2, 0.25) is 0 Å². The van der Waals surface area contributed by atoms with E-state index < -0.39 is 11.5 Å². The van der Waals surface area contributed by atoms with Crippen LogP contribution in [0.1, 0.15) is 17.5 Å². The van der Waals surface area contributed by atoms with Crippen LogP contribution in [-0.2, 0) is 4.79 Å². The van der Waals surface area contributed by atoms with Gasteiger partial charge in [-0.3, -0.25) is 0 Å². The lowest BCUT2D eigenvalue weighted by molar-refractivity contribution is -0.141. The number of likely N-dealkylation sites (N-methyl/N-ethyl adjacent to an activating group) is 1. The summed E-state index contributed by atoms with van der Waals surface area (Å²) in [6.07, 6.45) is 0.998. The van der Waals surface area contributed by atoms with Crippen molar-refractivity contribution >= 4 is 17.2 Å². The van der Waals surface area contributed by atoms with Gasteiger partial charge in [0.05, 0.1) is 0 Å². The first kappa shape index (κ1) is 14.9. The lowest BCUT2D eigenvalue weighted by Crippen LogP contribution is -2.47. The zero-order valence-corrected chi connectivity index (χ0v) is 13.4. The fourth-order valence-corrected chi connectivity index (χ4v) is 3.90. The summed E-state index contributed by atoms with van der Waals surface area (Å²) in [7, 11) is 1.84. The Bertz CT molecular complexity index is 835. The van der Waals surface area contributed by atoms with Crippen LogP contribution in [0.15, 0.2) is 55.1 Å². The second kappa shape index (κ2) is 4.94. The monoisotopic (exact) mass is 323 g/mol. The molecular formula is C20H18FNO2. The number of carbonyl (C=O) groups is 1. The number of anilines is 1. The number of fused-ring (bicyclic) bond motifs is 1. The van der Waals surface area contributed by atoms with Gasteiger partial charge >= 0.3 is 5.97 Å². The van der Waals surface area contributed by atoms with Gasteiger partial charge in [0.25, 0.3) is 0 Å². The van der Waals surface area contributed by atoms with Crippen LogP contribution in [0.25, 0.3) is 5.57 Å². The molecule has 122 valence electrons. The molecule has 0 aromatic heterocycles. The number of nitrogens with zero attached hydrogens (tertiary/aromatic N) is 1. The van der Waals surface area contributed by atoms with Crippen LogP contribution in [0.4, 0.5) is 10.1 Å². The Morgan fingerprint density at radius 1 is 1.21 bits per heavy atom. The number of carboxylic acid groups (broad SMARTS) is 1. The smallest absolute Gasteiger partial charge is 0.330 e. The van der Waals surface area contributed by atoms with Crippen molar-refractivity contribution in [2.24, 2.45) is 11.8 Å². The van der Waals surface area contributed by atoms with Crippen molar-refractivity contribution in [1.82, 2.24) is 0 Å². The molecule has 1 N–H and O–H groups in total. The zero-order valence-electron chi connectivity index (χ0n) is 13.4. The lowest BCUT2D eigenvalue weighted by Gasteiger charge is -2.33. The molecule has 3 nitrogen and oxygen atoms in total. The molecule has 2 saturated carbocycles. The second-order valence-corrected chi connectivity index (χ2v) is 6.64. The highest BCUT2D eigenvalue weighted by Crippen LogP contribution is 2.74. The summed E-state index contributed by atoms with van der Waals surface area (Å²) in [4.78, 5) is 13.7. The second-order valence-electron chi connectivity index (χ2n) is 6.64. The largest absolute Gasteiger partial charge is 0.479 e. The van der Waals surface area contributed by atoms with Gasteiger partial charge in [0.15, 0.2) is 0 Å². The van der Waals surface area contributed by atoms with Crippen LogP contribution < -0.4 is 4.90 Å². The normalized spacial score (nSPS) is 26.4. The third kappa shape index (κ3) is 1.92. The topological polar surface area (TPSA) is 40.5 Å².